The van der Waals surface area contributed by atoms with Crippen LogP contribution in [0.5, 0.6) is 0 Å². The first kappa shape index (κ1) is 10.8. The molecule has 0 aliphatic heterocycles. The number of β-amino-alcohol motifs (C(OH)–C–C–N with tert-alkyl or cyclic N) is 1. The van der Waals surface area contributed by atoms with Crippen LogP contribution >= 0.6 is 0 Å². The van der Waals surface area contributed by atoms with Crippen LogP contribution < -0.4 is 5.32 Å². The van der Waals surface area contributed by atoms with Crippen LogP contribution in [0.3, 0.4) is 0 Å². The van der Waals surface area contributed by atoms with Crippen molar-refractivity contribution in [3.63, 3.8) is 0 Å². The van der Waals surface area contributed by atoms with Gasteiger partial charge in [0.1, 0.15) is 6.67 Å². The minimum atomic E-state index is -2.59. The number of hydrogen-bond donors (Lipinski definition) is 2. The fourth-order valence-electron chi connectivity index (χ4n) is 1.63. The summed E-state index contributed by atoms with van der Waals surface area (Å²) in [5.74, 6) is -2.59. The Morgan fingerprint density at radius 3 is 2.38 bits per heavy atom. The molecule has 1 fully saturated rings. The standard InChI is InChI=1S/C8H14F3NO/c1-7(4-8(10,11)5-7)12-3-6(13)2-9/h6,12-13H,2-5H2,1H3. The SMILES string of the molecule is CC1(NCC(O)CF)CC(F)(F)C1. The van der Waals surface area contributed by atoms with Gasteiger partial charge in [0.25, 0.3) is 5.92 Å². The Balaban J connectivity index is 2.23. The normalized spacial score (nSPS) is 26.5. The summed E-state index contributed by atoms with van der Waals surface area (Å²) in [5.41, 5.74) is -0.639. The van der Waals surface area contributed by atoms with Crippen molar-refractivity contribution in [1.82, 2.24) is 5.32 Å². The van der Waals surface area contributed by atoms with E-state index in [1.807, 2.05) is 0 Å². The van der Waals surface area contributed by atoms with Crippen LogP contribution in [0.1, 0.15) is 19.8 Å². The average Bonchev–Trinajstić information content (AvgIpc) is 1.96. The molecule has 0 bridgehead atoms. The van der Waals surface area contributed by atoms with E-state index in [0.29, 0.717) is 0 Å². The third kappa shape index (κ3) is 2.84. The second kappa shape index (κ2) is 3.46. The predicted octanol–water partition coefficient (Wildman–Crippen LogP) is 1.09. The smallest absolute Gasteiger partial charge is 0.251 e. The summed E-state index contributed by atoms with van der Waals surface area (Å²) in [6, 6.07) is 0. The van der Waals surface area contributed by atoms with Crippen LogP contribution in [0.4, 0.5) is 13.2 Å². The predicted molar refractivity (Wildman–Crippen MR) is 42.6 cm³/mol. The summed E-state index contributed by atoms with van der Waals surface area (Å²) in [5, 5.41) is 11.6. The molecular weight excluding hydrogens is 183 g/mol. The van der Waals surface area contributed by atoms with Crippen LogP contribution in [0.25, 0.3) is 0 Å². The van der Waals surface area contributed by atoms with Crippen molar-refractivity contribution in [1.29, 1.82) is 0 Å². The molecule has 1 rings (SSSR count). The van der Waals surface area contributed by atoms with Gasteiger partial charge in [0.2, 0.25) is 0 Å². The van der Waals surface area contributed by atoms with Crippen molar-refractivity contribution >= 4 is 0 Å². The molecule has 1 aliphatic rings. The number of alkyl halides is 3. The molecule has 0 aromatic rings. The Morgan fingerprint density at radius 1 is 1.46 bits per heavy atom. The molecule has 1 aliphatic carbocycles. The Hall–Kier alpha value is -0.290. The van der Waals surface area contributed by atoms with Gasteiger partial charge < -0.3 is 10.4 Å². The van der Waals surface area contributed by atoms with Crippen LogP contribution in [-0.4, -0.2) is 35.9 Å². The second-order valence-electron chi connectivity index (χ2n) is 3.96. The second-order valence-corrected chi connectivity index (χ2v) is 3.96. The molecule has 13 heavy (non-hydrogen) atoms. The number of hydrogen-bond acceptors (Lipinski definition) is 2. The summed E-state index contributed by atoms with van der Waals surface area (Å²) in [6.45, 7) is 0.831. The molecule has 78 valence electrons. The first-order valence-electron chi connectivity index (χ1n) is 4.24. The maximum Gasteiger partial charge on any atom is 0.251 e. The Kier molecular flexibility index (Phi) is 2.87. The van der Waals surface area contributed by atoms with Gasteiger partial charge in [-0.2, -0.15) is 0 Å². The van der Waals surface area contributed by atoms with Gasteiger partial charge in [-0.25, -0.2) is 13.2 Å². The van der Waals surface area contributed by atoms with Gasteiger partial charge in [0.05, 0.1) is 6.10 Å². The number of nitrogens with one attached hydrogen (secondary N) is 1. The molecule has 0 heterocycles. The van der Waals surface area contributed by atoms with Gasteiger partial charge in [-0.05, 0) is 6.92 Å². The molecule has 0 aromatic carbocycles. The molecule has 1 saturated carbocycles. The van der Waals surface area contributed by atoms with E-state index in [0.717, 1.165) is 0 Å². The lowest BCUT2D eigenvalue weighted by Crippen LogP contribution is -2.60. The maximum atomic E-state index is 12.5. The molecule has 0 radical (unpaired) electrons. The third-order valence-corrected chi connectivity index (χ3v) is 2.24. The zero-order valence-corrected chi connectivity index (χ0v) is 7.49. The largest absolute Gasteiger partial charge is 0.389 e. The molecule has 0 amide bonds. The van der Waals surface area contributed by atoms with Crippen molar-refractivity contribution in [3.05, 3.63) is 0 Å². The highest BCUT2D eigenvalue weighted by Gasteiger charge is 2.53. The highest BCUT2D eigenvalue weighted by molar-refractivity contribution is 5.02. The van der Waals surface area contributed by atoms with E-state index in [1.165, 1.54) is 0 Å². The summed E-state index contributed by atoms with van der Waals surface area (Å²) in [4.78, 5) is 0. The van der Waals surface area contributed by atoms with Crippen LogP contribution in [0.2, 0.25) is 0 Å². The fraction of sp³-hybridized carbons (Fsp3) is 1.00. The lowest BCUT2D eigenvalue weighted by Gasteiger charge is -2.45. The Morgan fingerprint density at radius 2 is 2.00 bits per heavy atom. The molecule has 0 spiro atoms. The highest BCUT2D eigenvalue weighted by Crippen LogP contribution is 2.45. The van der Waals surface area contributed by atoms with E-state index < -0.39 is 24.2 Å². The van der Waals surface area contributed by atoms with Crippen molar-refractivity contribution in [2.24, 2.45) is 0 Å². The number of rotatable bonds is 4. The molecule has 1 atom stereocenters. The summed E-state index contributed by atoms with van der Waals surface area (Å²) in [7, 11) is 0. The van der Waals surface area contributed by atoms with Gasteiger partial charge in [-0.1, -0.05) is 0 Å². The third-order valence-electron chi connectivity index (χ3n) is 2.24. The van der Waals surface area contributed by atoms with Gasteiger partial charge in [0.15, 0.2) is 0 Å². The lowest BCUT2D eigenvalue weighted by atomic mass is 9.75. The summed E-state index contributed by atoms with van der Waals surface area (Å²) < 4.78 is 36.7. The van der Waals surface area contributed by atoms with E-state index >= 15 is 0 Å². The number of aliphatic hydroxyl groups excluding tert-OH is 1. The first-order chi connectivity index (χ1) is 5.87. The first-order valence-corrected chi connectivity index (χ1v) is 4.24. The maximum absolute atomic E-state index is 12.5. The zero-order chi connectivity index (χ0) is 10.1. The average molecular weight is 197 g/mol. The van der Waals surface area contributed by atoms with Crippen molar-refractivity contribution in [3.8, 4) is 0 Å². The van der Waals surface area contributed by atoms with Gasteiger partial charge in [0, 0.05) is 24.9 Å². The molecular formula is C8H14F3NO. The minimum absolute atomic E-state index is 0.0308. The highest BCUT2D eigenvalue weighted by atomic mass is 19.3. The minimum Gasteiger partial charge on any atom is -0.389 e. The van der Waals surface area contributed by atoms with Crippen molar-refractivity contribution < 1.29 is 18.3 Å². The van der Waals surface area contributed by atoms with E-state index in [9.17, 15) is 13.2 Å². The van der Waals surface area contributed by atoms with E-state index in [4.69, 9.17) is 5.11 Å². The van der Waals surface area contributed by atoms with Crippen molar-refractivity contribution in [2.45, 2.75) is 37.3 Å². The van der Waals surface area contributed by atoms with Gasteiger partial charge in [-0.15, -0.1) is 0 Å². The molecule has 5 heteroatoms. The van der Waals surface area contributed by atoms with E-state index in [2.05, 4.69) is 5.32 Å². The van der Waals surface area contributed by atoms with Crippen LogP contribution in [-0.2, 0) is 0 Å². The Bertz CT molecular complexity index is 178. The topological polar surface area (TPSA) is 32.3 Å². The molecule has 2 nitrogen and oxygen atoms in total. The number of halogens is 3. The molecule has 0 saturated heterocycles. The lowest BCUT2D eigenvalue weighted by molar-refractivity contribution is -0.129. The summed E-state index contributed by atoms with van der Waals surface area (Å²) in [6.07, 6.45) is -1.57. The monoisotopic (exact) mass is 197 g/mol. The van der Waals surface area contributed by atoms with Crippen LogP contribution in [0.15, 0.2) is 0 Å². The quantitative estimate of drug-likeness (QED) is 0.707. The molecule has 1 unspecified atom stereocenters. The van der Waals surface area contributed by atoms with Gasteiger partial charge in [-0.3, -0.25) is 0 Å². The van der Waals surface area contributed by atoms with Crippen molar-refractivity contribution in [2.75, 3.05) is 13.2 Å². The zero-order valence-electron chi connectivity index (χ0n) is 7.49. The Labute approximate surface area is 75.1 Å². The van der Waals surface area contributed by atoms with Gasteiger partial charge >= 0.3 is 0 Å². The van der Waals surface area contributed by atoms with E-state index in [1.54, 1.807) is 6.92 Å². The molecule has 2 N–H and O–H groups in total. The molecule has 0 aromatic heterocycles. The number of aliphatic hydroxyl groups is 1. The van der Waals surface area contributed by atoms with Crippen LogP contribution in [0, 0.1) is 0 Å². The van der Waals surface area contributed by atoms with E-state index in [-0.39, 0.29) is 19.4 Å². The summed E-state index contributed by atoms with van der Waals surface area (Å²) >= 11 is 0. The fourth-order valence-corrected chi connectivity index (χ4v) is 1.63.